The summed E-state index contributed by atoms with van der Waals surface area (Å²) in [7, 11) is 0. The second-order valence-electron chi connectivity index (χ2n) is 6.32. The van der Waals surface area contributed by atoms with Crippen LogP contribution in [0.2, 0.25) is 0 Å². The van der Waals surface area contributed by atoms with E-state index in [0.717, 1.165) is 18.8 Å². The molecule has 0 fully saturated rings. The van der Waals surface area contributed by atoms with Crippen molar-refractivity contribution >= 4 is 0 Å². The Bertz CT molecular complexity index is 351. The third-order valence-electron chi connectivity index (χ3n) is 4.11. The molecule has 0 heterocycles. The van der Waals surface area contributed by atoms with Gasteiger partial charge in [0.2, 0.25) is 0 Å². The Morgan fingerprint density at radius 2 is 1.45 bits per heavy atom. The number of hydrogen-bond donors (Lipinski definition) is 1. The van der Waals surface area contributed by atoms with Gasteiger partial charge in [0.15, 0.2) is 0 Å². The Kier molecular flexibility index (Phi) is 8.60. The highest BCUT2D eigenvalue weighted by molar-refractivity contribution is 5.23. The van der Waals surface area contributed by atoms with Crippen LogP contribution in [0.4, 0.5) is 0 Å². The van der Waals surface area contributed by atoms with Gasteiger partial charge in [-0.05, 0) is 49.7 Å². The third kappa shape index (κ3) is 7.09. The molecule has 0 aliphatic rings. The number of aryl methyl sites for hydroxylation is 2. The number of benzene rings is 1. The second-order valence-corrected chi connectivity index (χ2v) is 6.32. The van der Waals surface area contributed by atoms with E-state index in [0.29, 0.717) is 6.04 Å². The molecule has 0 saturated heterocycles. The van der Waals surface area contributed by atoms with Crippen molar-refractivity contribution in [2.75, 3.05) is 0 Å². The van der Waals surface area contributed by atoms with E-state index in [-0.39, 0.29) is 0 Å². The summed E-state index contributed by atoms with van der Waals surface area (Å²) in [6.45, 7) is 6.69. The van der Waals surface area contributed by atoms with Crippen LogP contribution in [0.3, 0.4) is 0 Å². The van der Waals surface area contributed by atoms with Gasteiger partial charge >= 0.3 is 0 Å². The Balaban J connectivity index is 2.48. The van der Waals surface area contributed by atoms with Crippen LogP contribution in [-0.4, -0.2) is 6.04 Å². The van der Waals surface area contributed by atoms with Crippen molar-refractivity contribution in [3.05, 3.63) is 35.4 Å². The molecular weight excluding hydrogens is 242 g/mol. The zero-order chi connectivity index (χ0) is 14.8. The van der Waals surface area contributed by atoms with E-state index in [1.165, 1.54) is 49.7 Å². The van der Waals surface area contributed by atoms with Crippen LogP contribution in [0.5, 0.6) is 0 Å². The van der Waals surface area contributed by atoms with Crippen LogP contribution < -0.4 is 5.73 Å². The minimum Gasteiger partial charge on any atom is -0.328 e. The first-order valence-corrected chi connectivity index (χ1v) is 8.49. The Labute approximate surface area is 126 Å². The highest BCUT2D eigenvalue weighted by atomic mass is 14.6. The smallest absolute Gasteiger partial charge is 0.00136 e. The van der Waals surface area contributed by atoms with E-state index >= 15 is 0 Å². The maximum Gasteiger partial charge on any atom is 0.00136 e. The molecule has 1 unspecified atom stereocenters. The molecule has 0 aliphatic heterocycles. The minimum atomic E-state index is 0.303. The number of nitrogens with two attached hydrogens (primary N) is 1. The van der Waals surface area contributed by atoms with Crippen LogP contribution in [0, 0.1) is 5.92 Å². The number of rotatable bonds is 10. The van der Waals surface area contributed by atoms with Crippen molar-refractivity contribution in [2.45, 2.75) is 78.2 Å². The zero-order valence-electron chi connectivity index (χ0n) is 13.7. The average molecular weight is 275 g/mol. The molecule has 0 spiro atoms. The van der Waals surface area contributed by atoms with E-state index in [4.69, 9.17) is 5.73 Å². The predicted octanol–water partition coefficient (Wildman–Crippen LogP) is 5.12. The molecule has 1 heteroatoms. The molecule has 2 N–H and O–H groups in total. The molecule has 20 heavy (non-hydrogen) atoms. The van der Waals surface area contributed by atoms with Gasteiger partial charge in [-0.1, -0.05) is 63.8 Å². The average Bonchev–Trinajstić information content (AvgIpc) is 2.43. The van der Waals surface area contributed by atoms with Crippen molar-refractivity contribution in [2.24, 2.45) is 11.7 Å². The molecule has 1 aromatic carbocycles. The summed E-state index contributed by atoms with van der Waals surface area (Å²) in [4.78, 5) is 0. The van der Waals surface area contributed by atoms with Crippen molar-refractivity contribution in [1.29, 1.82) is 0 Å². The lowest BCUT2D eigenvalue weighted by Gasteiger charge is -2.15. The minimum absolute atomic E-state index is 0.303. The molecule has 0 amide bonds. The fraction of sp³-hybridized carbons (Fsp3) is 0.684. The summed E-state index contributed by atoms with van der Waals surface area (Å²) >= 11 is 0. The van der Waals surface area contributed by atoms with Gasteiger partial charge in [-0.25, -0.2) is 0 Å². The Morgan fingerprint density at radius 1 is 0.900 bits per heavy atom. The first-order chi connectivity index (χ1) is 9.65. The van der Waals surface area contributed by atoms with E-state index in [2.05, 4.69) is 45.0 Å². The molecule has 0 radical (unpaired) electrons. The zero-order valence-corrected chi connectivity index (χ0v) is 13.7. The van der Waals surface area contributed by atoms with Crippen molar-refractivity contribution in [3.63, 3.8) is 0 Å². The van der Waals surface area contributed by atoms with Crippen molar-refractivity contribution < 1.29 is 0 Å². The van der Waals surface area contributed by atoms with Gasteiger partial charge in [0, 0.05) is 6.04 Å². The monoisotopic (exact) mass is 275 g/mol. The predicted molar refractivity (Wildman–Crippen MR) is 90.0 cm³/mol. The molecule has 1 atom stereocenters. The lowest BCUT2D eigenvalue weighted by atomic mass is 9.91. The molecule has 0 aromatic heterocycles. The summed E-state index contributed by atoms with van der Waals surface area (Å²) in [5.74, 6) is 0.915. The van der Waals surface area contributed by atoms with Gasteiger partial charge in [-0.3, -0.25) is 0 Å². The van der Waals surface area contributed by atoms with Gasteiger partial charge in [0.1, 0.15) is 0 Å². The topological polar surface area (TPSA) is 26.0 Å². The van der Waals surface area contributed by atoms with Crippen LogP contribution in [0.15, 0.2) is 24.3 Å². The molecule has 1 rings (SSSR count). The summed E-state index contributed by atoms with van der Waals surface area (Å²) in [5.41, 5.74) is 8.79. The van der Waals surface area contributed by atoms with E-state index in [1.807, 2.05) is 0 Å². The van der Waals surface area contributed by atoms with Gasteiger partial charge in [-0.15, -0.1) is 0 Å². The van der Waals surface area contributed by atoms with Gasteiger partial charge in [0.05, 0.1) is 0 Å². The number of hydrogen-bond acceptors (Lipinski definition) is 1. The van der Waals surface area contributed by atoms with Crippen LogP contribution in [0.1, 0.15) is 70.4 Å². The first kappa shape index (κ1) is 17.2. The molecule has 0 bridgehead atoms. The lowest BCUT2D eigenvalue weighted by Crippen LogP contribution is -2.15. The van der Waals surface area contributed by atoms with E-state index in [9.17, 15) is 0 Å². The highest BCUT2D eigenvalue weighted by Crippen LogP contribution is 2.20. The second kappa shape index (κ2) is 9.99. The first-order valence-electron chi connectivity index (χ1n) is 8.49. The van der Waals surface area contributed by atoms with Crippen molar-refractivity contribution in [3.8, 4) is 0 Å². The molecule has 0 saturated carbocycles. The summed E-state index contributed by atoms with van der Waals surface area (Å²) in [5, 5.41) is 0. The molecular formula is C19H33N. The fourth-order valence-electron chi connectivity index (χ4n) is 2.96. The highest BCUT2D eigenvalue weighted by Gasteiger charge is 2.07. The maximum absolute atomic E-state index is 5.84. The normalized spacial score (nSPS) is 12.8. The SMILES string of the molecule is CCCC(CCC)CCc1cccc(CCC(C)N)c1. The largest absolute Gasteiger partial charge is 0.328 e. The standard InChI is InChI=1S/C19H33N/c1-4-7-17(8-5-2)13-14-19-10-6-9-18(15-19)12-11-16(3)20/h6,9-10,15-17H,4-5,7-8,11-14,20H2,1-3H3. The van der Waals surface area contributed by atoms with Crippen molar-refractivity contribution in [1.82, 2.24) is 0 Å². The van der Waals surface area contributed by atoms with Crippen LogP contribution >= 0.6 is 0 Å². The Morgan fingerprint density at radius 3 is 1.95 bits per heavy atom. The van der Waals surface area contributed by atoms with E-state index < -0.39 is 0 Å². The summed E-state index contributed by atoms with van der Waals surface area (Å²) in [6, 6.07) is 9.42. The molecule has 0 aliphatic carbocycles. The van der Waals surface area contributed by atoms with Gasteiger partial charge < -0.3 is 5.73 Å². The summed E-state index contributed by atoms with van der Waals surface area (Å²) in [6.07, 6.45) is 10.2. The Hall–Kier alpha value is -0.820. The van der Waals surface area contributed by atoms with Crippen LogP contribution in [-0.2, 0) is 12.8 Å². The lowest BCUT2D eigenvalue weighted by molar-refractivity contribution is 0.411. The summed E-state index contributed by atoms with van der Waals surface area (Å²) < 4.78 is 0. The third-order valence-corrected chi connectivity index (χ3v) is 4.11. The maximum atomic E-state index is 5.84. The van der Waals surface area contributed by atoms with Gasteiger partial charge in [0.25, 0.3) is 0 Å². The quantitative estimate of drug-likeness (QED) is 0.630. The molecule has 114 valence electrons. The molecule has 1 aromatic rings. The van der Waals surface area contributed by atoms with Crippen LogP contribution in [0.25, 0.3) is 0 Å². The fourth-order valence-corrected chi connectivity index (χ4v) is 2.96. The molecule has 1 nitrogen and oxygen atoms in total. The van der Waals surface area contributed by atoms with Gasteiger partial charge in [-0.2, -0.15) is 0 Å². The van der Waals surface area contributed by atoms with E-state index in [1.54, 1.807) is 0 Å².